The largest absolute Gasteiger partial charge is 0.306 e. The molecule has 0 atom stereocenters. The Kier molecular flexibility index (Phi) is 7.53. The molecule has 0 bridgehead atoms. The van der Waals surface area contributed by atoms with Gasteiger partial charge >= 0.3 is 0 Å². The van der Waals surface area contributed by atoms with Gasteiger partial charge < -0.3 is 9.80 Å². The summed E-state index contributed by atoms with van der Waals surface area (Å²) in [5, 5.41) is 7.50. The molecule has 0 fully saturated rings. The smallest absolute Gasteiger partial charge is 0.0703 e. The first-order valence-electron chi connectivity index (χ1n) is 19.3. The van der Waals surface area contributed by atoms with Crippen molar-refractivity contribution in [3.8, 4) is 33.4 Å². The minimum atomic E-state index is 1.12. The molecule has 262 valence electrons. The number of para-hydroxylation sites is 5. The molecule has 11 rings (SSSR count). The van der Waals surface area contributed by atoms with Gasteiger partial charge in [0.05, 0.1) is 22.7 Å². The molecule has 10 aromatic rings. The van der Waals surface area contributed by atoms with Gasteiger partial charge in [-0.1, -0.05) is 164 Å². The quantitative estimate of drug-likeness (QED) is 0.164. The predicted octanol–water partition coefficient (Wildman–Crippen LogP) is 15.4. The second kappa shape index (κ2) is 13.2. The SMILES string of the molecule is c1ccc(-c2cc(-c3ccccc3)c3c4ccccc4c4cc(N5c6ccccc6N(c6ccccc6)c6ccccc65)ccc4c3c2-c2ccccc2)cc1. The Labute approximate surface area is 326 Å². The zero-order valence-corrected chi connectivity index (χ0v) is 30.7. The van der Waals surface area contributed by atoms with Gasteiger partial charge in [0.2, 0.25) is 0 Å². The molecule has 2 nitrogen and oxygen atoms in total. The second-order valence-corrected chi connectivity index (χ2v) is 14.5. The molecule has 0 saturated carbocycles. The lowest BCUT2D eigenvalue weighted by molar-refractivity contribution is 1.17. The fourth-order valence-corrected chi connectivity index (χ4v) is 8.95. The van der Waals surface area contributed by atoms with Crippen LogP contribution in [0.2, 0.25) is 0 Å². The molecule has 2 heteroatoms. The van der Waals surface area contributed by atoms with E-state index in [4.69, 9.17) is 0 Å². The van der Waals surface area contributed by atoms with Crippen molar-refractivity contribution in [2.75, 3.05) is 9.80 Å². The fourth-order valence-electron chi connectivity index (χ4n) is 8.95. The van der Waals surface area contributed by atoms with Crippen molar-refractivity contribution >= 4 is 66.4 Å². The first kappa shape index (κ1) is 32.0. The van der Waals surface area contributed by atoms with Crippen molar-refractivity contribution in [3.63, 3.8) is 0 Å². The van der Waals surface area contributed by atoms with E-state index in [1.165, 1.54) is 65.7 Å². The minimum absolute atomic E-state index is 1.12. The highest BCUT2D eigenvalue weighted by Crippen LogP contribution is 2.55. The average Bonchev–Trinajstić information content (AvgIpc) is 3.28. The molecule has 1 heterocycles. The van der Waals surface area contributed by atoms with E-state index in [0.717, 1.165) is 34.1 Å². The third-order valence-electron chi connectivity index (χ3n) is 11.3. The van der Waals surface area contributed by atoms with Gasteiger partial charge in [-0.2, -0.15) is 0 Å². The molecule has 0 aliphatic carbocycles. The van der Waals surface area contributed by atoms with Crippen molar-refractivity contribution in [1.82, 2.24) is 0 Å². The van der Waals surface area contributed by atoms with E-state index in [0.29, 0.717) is 0 Å². The fraction of sp³-hybridized carbons (Fsp3) is 0. The second-order valence-electron chi connectivity index (χ2n) is 14.5. The van der Waals surface area contributed by atoms with Crippen LogP contribution in [0, 0.1) is 0 Å². The van der Waals surface area contributed by atoms with E-state index < -0.39 is 0 Å². The summed E-state index contributed by atoms with van der Waals surface area (Å²) in [4.78, 5) is 4.82. The highest BCUT2D eigenvalue weighted by Gasteiger charge is 2.30. The molecular formula is C54H36N2. The first-order valence-corrected chi connectivity index (χ1v) is 19.3. The molecule has 0 N–H and O–H groups in total. The molecule has 0 aromatic heterocycles. The molecule has 0 saturated heterocycles. The number of hydrogen-bond donors (Lipinski definition) is 0. The molecule has 1 aliphatic rings. The summed E-state index contributed by atoms with van der Waals surface area (Å²) in [6, 6.07) is 79.5. The van der Waals surface area contributed by atoms with Crippen LogP contribution in [0.5, 0.6) is 0 Å². The predicted molar refractivity (Wildman–Crippen MR) is 238 cm³/mol. The average molecular weight is 713 g/mol. The lowest BCUT2D eigenvalue weighted by Gasteiger charge is -2.40. The summed E-state index contributed by atoms with van der Waals surface area (Å²) < 4.78 is 0. The van der Waals surface area contributed by atoms with Crippen molar-refractivity contribution in [1.29, 1.82) is 0 Å². The minimum Gasteiger partial charge on any atom is -0.306 e. The summed E-state index contributed by atoms with van der Waals surface area (Å²) in [5.41, 5.74) is 14.2. The number of anilines is 6. The third-order valence-corrected chi connectivity index (χ3v) is 11.3. The topological polar surface area (TPSA) is 6.48 Å². The maximum Gasteiger partial charge on any atom is 0.0703 e. The molecule has 56 heavy (non-hydrogen) atoms. The van der Waals surface area contributed by atoms with Crippen LogP contribution < -0.4 is 9.80 Å². The van der Waals surface area contributed by atoms with Crippen LogP contribution in [0.15, 0.2) is 218 Å². The molecule has 0 radical (unpaired) electrons. The molecule has 10 aromatic carbocycles. The van der Waals surface area contributed by atoms with Gasteiger partial charge in [0.15, 0.2) is 0 Å². The van der Waals surface area contributed by atoms with Crippen LogP contribution in [-0.4, -0.2) is 0 Å². The van der Waals surface area contributed by atoms with Crippen LogP contribution in [0.4, 0.5) is 34.1 Å². The Balaban J connectivity index is 1.26. The number of rotatable bonds is 5. The highest BCUT2D eigenvalue weighted by atomic mass is 15.3. The number of nitrogens with zero attached hydrogens (tertiary/aromatic N) is 2. The number of fused-ring (bicyclic) bond motifs is 8. The van der Waals surface area contributed by atoms with Crippen LogP contribution >= 0.6 is 0 Å². The van der Waals surface area contributed by atoms with Crippen molar-refractivity contribution in [2.24, 2.45) is 0 Å². The molecule has 1 aliphatic heterocycles. The summed E-state index contributed by atoms with van der Waals surface area (Å²) in [6.45, 7) is 0. The molecular weight excluding hydrogens is 677 g/mol. The van der Waals surface area contributed by atoms with Gasteiger partial charge in [0.25, 0.3) is 0 Å². The molecule has 0 amide bonds. The summed E-state index contributed by atoms with van der Waals surface area (Å²) in [6.07, 6.45) is 0. The molecule has 0 spiro atoms. The first-order chi connectivity index (χ1) is 27.8. The van der Waals surface area contributed by atoms with Gasteiger partial charge in [0, 0.05) is 11.4 Å². The Morgan fingerprint density at radius 3 is 1.25 bits per heavy atom. The Bertz CT molecular complexity index is 3020. The maximum atomic E-state index is 2.44. The van der Waals surface area contributed by atoms with Gasteiger partial charge in [-0.05, 0) is 120 Å². The maximum absolute atomic E-state index is 2.44. The van der Waals surface area contributed by atoms with E-state index in [2.05, 4.69) is 228 Å². The van der Waals surface area contributed by atoms with Crippen LogP contribution in [0.25, 0.3) is 65.7 Å². The van der Waals surface area contributed by atoms with E-state index in [-0.39, 0.29) is 0 Å². The highest BCUT2D eigenvalue weighted by molar-refractivity contribution is 6.33. The summed E-state index contributed by atoms with van der Waals surface area (Å²) in [7, 11) is 0. The third kappa shape index (κ3) is 5.04. The number of benzene rings is 10. The monoisotopic (exact) mass is 712 g/mol. The van der Waals surface area contributed by atoms with Crippen molar-refractivity contribution in [2.45, 2.75) is 0 Å². The number of hydrogen-bond acceptors (Lipinski definition) is 2. The Morgan fingerprint density at radius 2 is 0.679 bits per heavy atom. The van der Waals surface area contributed by atoms with Crippen molar-refractivity contribution in [3.05, 3.63) is 218 Å². The lowest BCUT2D eigenvalue weighted by Crippen LogP contribution is -2.23. The van der Waals surface area contributed by atoms with Gasteiger partial charge in [-0.25, -0.2) is 0 Å². The van der Waals surface area contributed by atoms with Gasteiger partial charge in [0.1, 0.15) is 0 Å². The Hall–Kier alpha value is -7.42. The summed E-state index contributed by atoms with van der Waals surface area (Å²) >= 11 is 0. The van der Waals surface area contributed by atoms with E-state index in [1.54, 1.807) is 0 Å². The van der Waals surface area contributed by atoms with E-state index in [1.807, 2.05) is 0 Å². The normalized spacial score (nSPS) is 12.2. The zero-order valence-electron chi connectivity index (χ0n) is 30.7. The zero-order chi connectivity index (χ0) is 37.0. The van der Waals surface area contributed by atoms with Crippen LogP contribution in [-0.2, 0) is 0 Å². The lowest BCUT2D eigenvalue weighted by atomic mass is 9.81. The standard InChI is InChI=1S/C54H36N2/c1-5-19-37(20-6-1)45-36-46(38-21-7-2-8-22-38)53-43-28-14-13-27-42(43)47-35-41(33-34-44(47)54(53)52(45)39-23-9-3-10-24-39)56-50-31-17-15-29-48(50)55(40-25-11-4-12-26-40)49-30-16-18-32-51(49)56/h1-36H. The van der Waals surface area contributed by atoms with E-state index in [9.17, 15) is 0 Å². The van der Waals surface area contributed by atoms with Gasteiger partial charge in [-0.15, -0.1) is 0 Å². The molecule has 0 unspecified atom stereocenters. The van der Waals surface area contributed by atoms with Crippen molar-refractivity contribution < 1.29 is 0 Å². The van der Waals surface area contributed by atoms with Crippen LogP contribution in [0.1, 0.15) is 0 Å². The van der Waals surface area contributed by atoms with Crippen LogP contribution in [0.3, 0.4) is 0 Å². The summed E-state index contributed by atoms with van der Waals surface area (Å²) in [5.74, 6) is 0. The Morgan fingerprint density at radius 1 is 0.250 bits per heavy atom. The van der Waals surface area contributed by atoms with E-state index >= 15 is 0 Å². The van der Waals surface area contributed by atoms with Gasteiger partial charge in [-0.3, -0.25) is 0 Å².